The molecule has 0 bridgehead atoms. The van der Waals surface area contributed by atoms with Gasteiger partial charge in [-0.15, -0.1) is 0 Å². The Labute approximate surface area is 90.5 Å². The predicted octanol–water partition coefficient (Wildman–Crippen LogP) is 3.76. The van der Waals surface area contributed by atoms with Crippen LogP contribution in [-0.4, -0.2) is 0 Å². The molecule has 0 atom stereocenters. The van der Waals surface area contributed by atoms with Crippen LogP contribution < -0.4 is 5.73 Å². The van der Waals surface area contributed by atoms with Crippen molar-refractivity contribution in [3.8, 4) is 0 Å². The van der Waals surface area contributed by atoms with Crippen molar-refractivity contribution in [2.75, 3.05) is 5.73 Å². The third-order valence-corrected chi connectivity index (χ3v) is 3.50. The number of anilines is 1. The molecule has 0 heterocycles. The highest BCUT2D eigenvalue weighted by molar-refractivity contribution is 5.49. The first-order chi connectivity index (χ1) is 7.20. The highest BCUT2D eigenvalue weighted by Gasteiger charge is 2.20. The third kappa shape index (κ3) is 1.99. The van der Waals surface area contributed by atoms with E-state index in [4.69, 9.17) is 5.73 Å². The number of rotatable bonds is 1. The molecule has 1 aromatic carbocycles. The van der Waals surface area contributed by atoms with E-state index in [1.807, 2.05) is 12.1 Å². The minimum atomic E-state index is -0.0816. The monoisotopic (exact) mass is 207 g/mol. The largest absolute Gasteiger partial charge is 0.398 e. The van der Waals surface area contributed by atoms with Gasteiger partial charge in [0.05, 0.1) is 0 Å². The molecular formula is C13H18FN. The zero-order valence-corrected chi connectivity index (χ0v) is 9.22. The molecule has 1 nitrogen and oxygen atoms in total. The molecule has 2 heteroatoms. The molecule has 1 aromatic rings. The quantitative estimate of drug-likeness (QED) is 0.697. The molecule has 1 aliphatic carbocycles. The number of nitrogens with two attached hydrogens (primary N) is 1. The predicted molar refractivity (Wildman–Crippen MR) is 61.4 cm³/mol. The van der Waals surface area contributed by atoms with Gasteiger partial charge in [-0.25, -0.2) is 4.39 Å². The topological polar surface area (TPSA) is 26.0 Å². The van der Waals surface area contributed by atoms with E-state index in [0.29, 0.717) is 17.2 Å². The lowest BCUT2D eigenvalue weighted by atomic mass is 9.83. The van der Waals surface area contributed by atoms with Crippen LogP contribution in [0.1, 0.15) is 49.1 Å². The lowest BCUT2D eigenvalue weighted by Gasteiger charge is -2.23. The van der Waals surface area contributed by atoms with Crippen molar-refractivity contribution in [2.45, 2.75) is 44.9 Å². The van der Waals surface area contributed by atoms with Crippen LogP contribution in [0.25, 0.3) is 0 Å². The molecule has 0 aliphatic heterocycles. The van der Waals surface area contributed by atoms with Crippen LogP contribution in [0.3, 0.4) is 0 Å². The van der Waals surface area contributed by atoms with E-state index >= 15 is 0 Å². The summed E-state index contributed by atoms with van der Waals surface area (Å²) in [7, 11) is 0. The summed E-state index contributed by atoms with van der Waals surface area (Å²) < 4.78 is 14.0. The molecule has 0 saturated heterocycles. The second kappa shape index (κ2) is 4.21. The van der Waals surface area contributed by atoms with Gasteiger partial charge in [-0.05, 0) is 37.3 Å². The number of benzene rings is 1. The van der Waals surface area contributed by atoms with Gasteiger partial charge in [-0.3, -0.25) is 0 Å². The van der Waals surface area contributed by atoms with E-state index in [9.17, 15) is 4.39 Å². The van der Waals surface area contributed by atoms with E-state index in [-0.39, 0.29) is 5.82 Å². The van der Waals surface area contributed by atoms with E-state index in [1.165, 1.54) is 19.3 Å². The van der Waals surface area contributed by atoms with Gasteiger partial charge in [0, 0.05) is 11.3 Å². The van der Waals surface area contributed by atoms with E-state index < -0.39 is 0 Å². The van der Waals surface area contributed by atoms with Gasteiger partial charge in [-0.1, -0.05) is 25.3 Å². The molecule has 2 rings (SSSR count). The number of nitrogen functional groups attached to an aromatic ring is 1. The number of halogens is 1. The average molecular weight is 207 g/mol. The molecule has 2 N–H and O–H groups in total. The zero-order valence-electron chi connectivity index (χ0n) is 9.22. The van der Waals surface area contributed by atoms with Gasteiger partial charge >= 0.3 is 0 Å². The first kappa shape index (κ1) is 10.5. The SMILES string of the molecule is Cc1c(N)ccc(C2CCCCC2)c1F. The van der Waals surface area contributed by atoms with Crippen LogP contribution in [0.2, 0.25) is 0 Å². The summed E-state index contributed by atoms with van der Waals surface area (Å²) in [5.74, 6) is 0.333. The Bertz CT molecular complexity index is 354. The van der Waals surface area contributed by atoms with Crippen molar-refractivity contribution in [1.29, 1.82) is 0 Å². The highest BCUT2D eigenvalue weighted by atomic mass is 19.1. The summed E-state index contributed by atoms with van der Waals surface area (Å²) >= 11 is 0. The molecule has 1 saturated carbocycles. The Morgan fingerprint density at radius 2 is 1.87 bits per heavy atom. The van der Waals surface area contributed by atoms with Crippen LogP contribution in [0.4, 0.5) is 10.1 Å². The van der Waals surface area contributed by atoms with Gasteiger partial charge in [0.1, 0.15) is 5.82 Å². The van der Waals surface area contributed by atoms with E-state index in [2.05, 4.69) is 0 Å². The Morgan fingerprint density at radius 1 is 1.20 bits per heavy atom. The maximum atomic E-state index is 14.0. The van der Waals surface area contributed by atoms with Crippen molar-refractivity contribution in [1.82, 2.24) is 0 Å². The molecule has 1 fully saturated rings. The number of hydrogen-bond donors (Lipinski definition) is 1. The summed E-state index contributed by atoms with van der Waals surface area (Å²) in [5.41, 5.74) is 7.73. The molecular weight excluding hydrogens is 189 g/mol. The van der Waals surface area contributed by atoms with E-state index in [0.717, 1.165) is 18.4 Å². The number of hydrogen-bond acceptors (Lipinski definition) is 1. The van der Waals surface area contributed by atoms with Crippen molar-refractivity contribution in [3.05, 3.63) is 29.1 Å². The Morgan fingerprint density at radius 3 is 2.53 bits per heavy atom. The molecule has 15 heavy (non-hydrogen) atoms. The summed E-state index contributed by atoms with van der Waals surface area (Å²) in [5, 5.41) is 0. The average Bonchev–Trinajstić information content (AvgIpc) is 2.27. The van der Waals surface area contributed by atoms with Gasteiger partial charge in [0.25, 0.3) is 0 Å². The molecule has 0 amide bonds. The van der Waals surface area contributed by atoms with Gasteiger partial charge in [0.2, 0.25) is 0 Å². The standard InChI is InChI=1S/C13H18FN/c1-9-12(15)8-7-11(13(9)14)10-5-3-2-4-6-10/h7-8,10H,2-6,15H2,1H3. The lowest BCUT2D eigenvalue weighted by molar-refractivity contribution is 0.429. The Kier molecular flexibility index (Phi) is 2.94. The summed E-state index contributed by atoms with van der Waals surface area (Å²) in [4.78, 5) is 0. The van der Waals surface area contributed by atoms with Gasteiger partial charge in [-0.2, -0.15) is 0 Å². The second-order valence-electron chi connectivity index (χ2n) is 4.52. The molecule has 0 radical (unpaired) electrons. The maximum absolute atomic E-state index is 14.0. The van der Waals surface area contributed by atoms with Crippen molar-refractivity contribution in [3.63, 3.8) is 0 Å². The third-order valence-electron chi connectivity index (χ3n) is 3.50. The van der Waals surface area contributed by atoms with Gasteiger partial charge in [0.15, 0.2) is 0 Å². The smallest absolute Gasteiger partial charge is 0.131 e. The molecule has 0 unspecified atom stereocenters. The normalized spacial score (nSPS) is 18.0. The van der Waals surface area contributed by atoms with Crippen LogP contribution in [0.5, 0.6) is 0 Å². The second-order valence-corrected chi connectivity index (χ2v) is 4.52. The fourth-order valence-electron chi connectivity index (χ4n) is 2.45. The van der Waals surface area contributed by atoms with Crippen LogP contribution in [0, 0.1) is 12.7 Å². The minimum absolute atomic E-state index is 0.0816. The van der Waals surface area contributed by atoms with Crippen LogP contribution in [0.15, 0.2) is 12.1 Å². The molecule has 0 aromatic heterocycles. The minimum Gasteiger partial charge on any atom is -0.398 e. The summed E-state index contributed by atoms with van der Waals surface area (Å²) in [6, 6.07) is 3.70. The molecule has 1 aliphatic rings. The Hall–Kier alpha value is -1.05. The fraction of sp³-hybridized carbons (Fsp3) is 0.538. The highest BCUT2D eigenvalue weighted by Crippen LogP contribution is 2.35. The Balaban J connectivity index is 2.31. The van der Waals surface area contributed by atoms with Crippen molar-refractivity contribution in [2.24, 2.45) is 0 Å². The zero-order chi connectivity index (χ0) is 10.8. The van der Waals surface area contributed by atoms with Crippen LogP contribution >= 0.6 is 0 Å². The van der Waals surface area contributed by atoms with Crippen molar-refractivity contribution < 1.29 is 4.39 Å². The lowest BCUT2D eigenvalue weighted by Crippen LogP contribution is -2.08. The summed E-state index contributed by atoms with van der Waals surface area (Å²) in [6.07, 6.45) is 6.01. The first-order valence-electron chi connectivity index (χ1n) is 5.74. The first-order valence-corrected chi connectivity index (χ1v) is 5.74. The molecule has 0 spiro atoms. The fourth-order valence-corrected chi connectivity index (χ4v) is 2.45. The van der Waals surface area contributed by atoms with Gasteiger partial charge < -0.3 is 5.73 Å². The van der Waals surface area contributed by atoms with Crippen molar-refractivity contribution >= 4 is 5.69 Å². The maximum Gasteiger partial charge on any atom is 0.131 e. The van der Waals surface area contributed by atoms with E-state index in [1.54, 1.807) is 6.92 Å². The molecule has 82 valence electrons. The summed E-state index contributed by atoms with van der Waals surface area (Å²) in [6.45, 7) is 1.76. The van der Waals surface area contributed by atoms with Crippen LogP contribution in [-0.2, 0) is 0 Å².